The largest absolute Gasteiger partial charge is 0.490 e. The number of hydrogen-bond acceptors (Lipinski definition) is 4. The standard InChI is InChI=1S/C24H32N2O3/c1-3-28-22-13-12-18(16-23(22)29-4-2)14-15-25-24(27)17-26-21-11-7-9-19-8-5-6-10-20(19)21/h5-6,8,10,12-13,16,21,26H,3-4,7,9,11,14-15,17H2,1-2H3,(H,25,27)/t21-/m0/s1. The Bertz CT molecular complexity index is 806. The van der Waals surface area contributed by atoms with Gasteiger partial charge in [-0.1, -0.05) is 30.3 Å². The number of carbonyl (C=O) groups is 1. The van der Waals surface area contributed by atoms with Crippen molar-refractivity contribution in [2.24, 2.45) is 0 Å². The molecule has 0 bridgehead atoms. The third-order valence-electron chi connectivity index (χ3n) is 5.22. The highest BCUT2D eigenvalue weighted by Crippen LogP contribution is 2.29. The second-order valence-electron chi connectivity index (χ2n) is 7.27. The van der Waals surface area contributed by atoms with E-state index in [4.69, 9.17) is 9.47 Å². The normalized spacial score (nSPS) is 15.4. The lowest BCUT2D eigenvalue weighted by Gasteiger charge is -2.26. The maximum atomic E-state index is 12.3. The first-order valence-corrected chi connectivity index (χ1v) is 10.7. The van der Waals surface area contributed by atoms with E-state index in [1.807, 2.05) is 32.0 Å². The summed E-state index contributed by atoms with van der Waals surface area (Å²) < 4.78 is 11.3. The van der Waals surface area contributed by atoms with Crippen LogP contribution in [-0.4, -0.2) is 32.2 Å². The maximum Gasteiger partial charge on any atom is 0.233 e. The zero-order valence-corrected chi connectivity index (χ0v) is 17.5. The minimum absolute atomic E-state index is 0.0315. The molecule has 156 valence electrons. The van der Waals surface area contributed by atoms with E-state index in [0.717, 1.165) is 42.7 Å². The summed E-state index contributed by atoms with van der Waals surface area (Å²) in [6.45, 7) is 6.05. The number of nitrogens with one attached hydrogen (secondary N) is 2. The molecule has 0 unspecified atom stereocenters. The number of fused-ring (bicyclic) bond motifs is 1. The fraction of sp³-hybridized carbons (Fsp3) is 0.458. The second kappa shape index (κ2) is 10.9. The number of carbonyl (C=O) groups excluding carboxylic acids is 1. The van der Waals surface area contributed by atoms with Crippen LogP contribution in [0.3, 0.4) is 0 Å². The van der Waals surface area contributed by atoms with Gasteiger partial charge in [-0.25, -0.2) is 0 Å². The minimum atomic E-state index is 0.0315. The van der Waals surface area contributed by atoms with E-state index in [-0.39, 0.29) is 11.9 Å². The van der Waals surface area contributed by atoms with Gasteiger partial charge in [0.05, 0.1) is 19.8 Å². The van der Waals surface area contributed by atoms with Crippen molar-refractivity contribution in [3.63, 3.8) is 0 Å². The summed E-state index contributed by atoms with van der Waals surface area (Å²) in [6.07, 6.45) is 4.13. The molecule has 2 aromatic carbocycles. The number of aryl methyl sites for hydroxylation is 1. The highest BCUT2D eigenvalue weighted by atomic mass is 16.5. The molecule has 0 aliphatic heterocycles. The Morgan fingerprint density at radius 1 is 1.07 bits per heavy atom. The van der Waals surface area contributed by atoms with Crippen molar-refractivity contribution in [1.82, 2.24) is 10.6 Å². The van der Waals surface area contributed by atoms with Gasteiger partial charge in [0.15, 0.2) is 11.5 Å². The number of amides is 1. The van der Waals surface area contributed by atoms with Gasteiger partial charge in [-0.3, -0.25) is 4.79 Å². The Morgan fingerprint density at radius 2 is 1.86 bits per heavy atom. The smallest absolute Gasteiger partial charge is 0.233 e. The molecule has 0 saturated heterocycles. The first kappa shape index (κ1) is 21.2. The van der Waals surface area contributed by atoms with Crippen molar-refractivity contribution >= 4 is 5.91 Å². The highest BCUT2D eigenvalue weighted by molar-refractivity contribution is 5.78. The van der Waals surface area contributed by atoms with Gasteiger partial charge in [0.1, 0.15) is 0 Å². The molecule has 0 heterocycles. The van der Waals surface area contributed by atoms with Crippen LogP contribution in [0.1, 0.15) is 49.4 Å². The maximum absolute atomic E-state index is 12.3. The SMILES string of the molecule is CCOc1ccc(CCNC(=O)CN[C@H]2CCCc3ccccc32)cc1OCC. The van der Waals surface area contributed by atoms with Crippen LogP contribution >= 0.6 is 0 Å². The zero-order valence-electron chi connectivity index (χ0n) is 17.5. The zero-order chi connectivity index (χ0) is 20.5. The van der Waals surface area contributed by atoms with Crippen molar-refractivity contribution in [2.75, 3.05) is 26.3 Å². The van der Waals surface area contributed by atoms with Gasteiger partial charge in [0.2, 0.25) is 5.91 Å². The average molecular weight is 397 g/mol. The molecule has 1 aliphatic rings. The Hall–Kier alpha value is -2.53. The van der Waals surface area contributed by atoms with E-state index in [1.165, 1.54) is 11.1 Å². The molecule has 5 heteroatoms. The van der Waals surface area contributed by atoms with Gasteiger partial charge < -0.3 is 20.1 Å². The summed E-state index contributed by atoms with van der Waals surface area (Å²) in [5.74, 6) is 1.55. The fourth-order valence-electron chi connectivity index (χ4n) is 3.84. The van der Waals surface area contributed by atoms with Crippen LogP contribution in [0.2, 0.25) is 0 Å². The highest BCUT2D eigenvalue weighted by Gasteiger charge is 2.19. The van der Waals surface area contributed by atoms with Gasteiger partial charge in [0.25, 0.3) is 0 Å². The number of ether oxygens (including phenoxy) is 2. The van der Waals surface area contributed by atoms with Crippen LogP contribution < -0.4 is 20.1 Å². The quantitative estimate of drug-likeness (QED) is 0.641. The third kappa shape index (κ3) is 5.97. The predicted molar refractivity (Wildman–Crippen MR) is 116 cm³/mol. The van der Waals surface area contributed by atoms with E-state index in [0.29, 0.717) is 26.3 Å². The molecule has 1 atom stereocenters. The molecule has 0 aromatic heterocycles. The monoisotopic (exact) mass is 396 g/mol. The van der Waals surface area contributed by atoms with E-state index < -0.39 is 0 Å². The lowest BCUT2D eigenvalue weighted by molar-refractivity contribution is -0.120. The van der Waals surface area contributed by atoms with Gasteiger partial charge in [-0.15, -0.1) is 0 Å². The lowest BCUT2D eigenvalue weighted by atomic mass is 9.88. The molecular weight excluding hydrogens is 364 g/mol. The summed E-state index contributed by atoms with van der Waals surface area (Å²) in [6, 6.07) is 14.8. The van der Waals surface area contributed by atoms with Gasteiger partial charge >= 0.3 is 0 Å². The number of benzene rings is 2. The Balaban J connectivity index is 1.45. The topological polar surface area (TPSA) is 59.6 Å². The molecule has 0 radical (unpaired) electrons. The van der Waals surface area contributed by atoms with Crippen molar-refractivity contribution < 1.29 is 14.3 Å². The van der Waals surface area contributed by atoms with E-state index in [1.54, 1.807) is 0 Å². The van der Waals surface area contributed by atoms with E-state index >= 15 is 0 Å². The summed E-state index contributed by atoms with van der Waals surface area (Å²) >= 11 is 0. The summed E-state index contributed by atoms with van der Waals surface area (Å²) in [5, 5.41) is 6.44. The molecule has 2 N–H and O–H groups in total. The molecule has 0 saturated carbocycles. The van der Waals surface area contributed by atoms with Crippen LogP contribution in [-0.2, 0) is 17.6 Å². The van der Waals surface area contributed by atoms with E-state index in [9.17, 15) is 4.79 Å². The molecule has 29 heavy (non-hydrogen) atoms. The second-order valence-corrected chi connectivity index (χ2v) is 7.27. The van der Waals surface area contributed by atoms with Crippen LogP contribution in [0.4, 0.5) is 0 Å². The number of hydrogen-bond donors (Lipinski definition) is 2. The van der Waals surface area contributed by atoms with Crippen LogP contribution in [0, 0.1) is 0 Å². The van der Waals surface area contributed by atoms with Crippen molar-refractivity contribution in [3.05, 3.63) is 59.2 Å². The minimum Gasteiger partial charge on any atom is -0.490 e. The molecule has 3 rings (SSSR count). The lowest BCUT2D eigenvalue weighted by Crippen LogP contribution is -2.37. The first-order valence-electron chi connectivity index (χ1n) is 10.7. The molecular formula is C24H32N2O3. The van der Waals surface area contributed by atoms with Crippen LogP contribution in [0.25, 0.3) is 0 Å². The Kier molecular flexibility index (Phi) is 7.94. The number of rotatable bonds is 10. The first-order chi connectivity index (χ1) is 14.2. The van der Waals surface area contributed by atoms with Crippen molar-refractivity contribution in [2.45, 2.75) is 45.6 Å². The molecule has 5 nitrogen and oxygen atoms in total. The summed E-state index contributed by atoms with van der Waals surface area (Å²) in [5.41, 5.74) is 3.85. The van der Waals surface area contributed by atoms with Gasteiger partial charge in [-0.2, -0.15) is 0 Å². The summed E-state index contributed by atoms with van der Waals surface area (Å²) in [7, 11) is 0. The molecule has 1 aliphatic carbocycles. The van der Waals surface area contributed by atoms with Gasteiger partial charge in [0, 0.05) is 12.6 Å². The summed E-state index contributed by atoms with van der Waals surface area (Å²) in [4.78, 5) is 12.3. The molecule has 1 amide bonds. The average Bonchev–Trinajstić information content (AvgIpc) is 2.74. The van der Waals surface area contributed by atoms with Crippen molar-refractivity contribution in [1.29, 1.82) is 0 Å². The molecule has 0 fully saturated rings. The van der Waals surface area contributed by atoms with Crippen LogP contribution in [0.5, 0.6) is 11.5 Å². The fourth-order valence-corrected chi connectivity index (χ4v) is 3.84. The van der Waals surface area contributed by atoms with Gasteiger partial charge in [-0.05, 0) is 68.4 Å². The Labute approximate surface area is 173 Å². The van der Waals surface area contributed by atoms with Crippen LogP contribution in [0.15, 0.2) is 42.5 Å². The van der Waals surface area contributed by atoms with Crippen molar-refractivity contribution in [3.8, 4) is 11.5 Å². The Morgan fingerprint density at radius 3 is 2.69 bits per heavy atom. The van der Waals surface area contributed by atoms with E-state index in [2.05, 4.69) is 34.9 Å². The third-order valence-corrected chi connectivity index (χ3v) is 5.22. The molecule has 0 spiro atoms. The molecule has 2 aromatic rings. The predicted octanol–water partition coefficient (Wildman–Crippen LogP) is 3.81.